The van der Waals surface area contributed by atoms with Crippen molar-refractivity contribution in [2.24, 2.45) is 0 Å². The number of halogens is 2. The smallest absolute Gasteiger partial charge is 0.212 e. The zero-order chi connectivity index (χ0) is 9.19. The quantitative estimate of drug-likeness (QED) is 0.592. The van der Waals surface area contributed by atoms with Crippen molar-refractivity contribution in [1.82, 2.24) is 4.90 Å². The minimum Gasteiger partial charge on any atom is -0.379 e. The topological polar surface area (TPSA) is 12.5 Å². The third-order valence-electron chi connectivity index (χ3n) is 2.10. The second-order valence-electron chi connectivity index (χ2n) is 2.96. The third-order valence-corrected chi connectivity index (χ3v) is 2.10. The van der Waals surface area contributed by atoms with E-state index in [1.165, 1.54) is 11.8 Å². The highest BCUT2D eigenvalue weighted by atomic mass is 19.2. The average molecular weight is 177 g/mol. The van der Waals surface area contributed by atoms with E-state index < -0.39 is 11.6 Å². The summed E-state index contributed by atoms with van der Waals surface area (Å²) < 4.78 is 31.1. The van der Waals surface area contributed by atoms with Crippen molar-refractivity contribution >= 4 is 0 Å². The Bertz CT molecular complexity index is 176. The summed E-state index contributed by atoms with van der Waals surface area (Å²) >= 11 is 0. The Balaban J connectivity index is 2.59. The van der Waals surface area contributed by atoms with E-state index in [2.05, 4.69) is 6.58 Å². The van der Waals surface area contributed by atoms with E-state index in [0.29, 0.717) is 26.3 Å². The van der Waals surface area contributed by atoms with Gasteiger partial charge in [0.2, 0.25) is 5.79 Å². The van der Waals surface area contributed by atoms with Gasteiger partial charge in [-0.25, -0.2) is 8.78 Å². The Morgan fingerprint density at radius 1 is 1.50 bits per heavy atom. The van der Waals surface area contributed by atoms with E-state index in [0.717, 1.165) is 0 Å². The van der Waals surface area contributed by atoms with E-state index in [1.807, 2.05) is 0 Å². The molecule has 1 heterocycles. The summed E-state index contributed by atoms with van der Waals surface area (Å²) in [6.45, 7) is 5.89. The molecule has 1 aliphatic heterocycles. The summed E-state index contributed by atoms with van der Waals surface area (Å²) in [6, 6.07) is 0. The number of alkyl halides is 1. The lowest BCUT2D eigenvalue weighted by Gasteiger charge is -2.35. The van der Waals surface area contributed by atoms with Crippen LogP contribution >= 0.6 is 0 Å². The molecule has 2 nitrogen and oxygen atoms in total. The maximum atomic E-state index is 13.5. The van der Waals surface area contributed by atoms with Crippen molar-refractivity contribution in [2.75, 3.05) is 26.3 Å². The molecule has 70 valence electrons. The first-order chi connectivity index (χ1) is 5.55. The second-order valence-corrected chi connectivity index (χ2v) is 2.96. The largest absolute Gasteiger partial charge is 0.379 e. The standard InChI is InChI=1S/C8H13F2NO/c1-7(9)8(2,10)11-3-5-12-6-4-11/h1,3-6H2,2H3. The molecule has 1 atom stereocenters. The van der Waals surface area contributed by atoms with Crippen LogP contribution in [0.1, 0.15) is 6.92 Å². The minimum absolute atomic E-state index is 0.413. The van der Waals surface area contributed by atoms with Crippen LogP contribution in [0.25, 0.3) is 0 Å². The molecule has 0 saturated carbocycles. The van der Waals surface area contributed by atoms with Gasteiger partial charge in [-0.1, -0.05) is 6.58 Å². The van der Waals surface area contributed by atoms with Crippen LogP contribution in [0.2, 0.25) is 0 Å². The van der Waals surface area contributed by atoms with Crippen LogP contribution < -0.4 is 0 Å². The van der Waals surface area contributed by atoms with Crippen LogP contribution in [0.15, 0.2) is 12.4 Å². The van der Waals surface area contributed by atoms with Crippen LogP contribution in [0.3, 0.4) is 0 Å². The number of morpholine rings is 1. The first-order valence-electron chi connectivity index (χ1n) is 3.91. The molecule has 0 amide bonds. The van der Waals surface area contributed by atoms with Crippen LogP contribution in [-0.4, -0.2) is 37.0 Å². The fourth-order valence-electron chi connectivity index (χ4n) is 1.15. The van der Waals surface area contributed by atoms with E-state index in [1.54, 1.807) is 0 Å². The maximum Gasteiger partial charge on any atom is 0.212 e. The summed E-state index contributed by atoms with van der Waals surface area (Å²) in [5, 5.41) is 0. The summed E-state index contributed by atoms with van der Waals surface area (Å²) in [6.07, 6.45) is 0. The monoisotopic (exact) mass is 177 g/mol. The summed E-state index contributed by atoms with van der Waals surface area (Å²) in [5.41, 5.74) is 0. The number of ether oxygens (including phenoxy) is 1. The molecule has 1 aliphatic rings. The summed E-state index contributed by atoms with van der Waals surface area (Å²) in [5.74, 6) is -2.98. The van der Waals surface area contributed by atoms with E-state index in [9.17, 15) is 8.78 Å². The Kier molecular flexibility index (Phi) is 2.80. The second kappa shape index (κ2) is 3.49. The van der Waals surface area contributed by atoms with Gasteiger partial charge in [0.15, 0.2) is 0 Å². The van der Waals surface area contributed by atoms with E-state index >= 15 is 0 Å². The molecule has 12 heavy (non-hydrogen) atoms. The first kappa shape index (κ1) is 9.61. The molecule has 0 aromatic carbocycles. The molecule has 1 rings (SSSR count). The van der Waals surface area contributed by atoms with Gasteiger partial charge >= 0.3 is 0 Å². The van der Waals surface area contributed by atoms with Gasteiger partial charge in [-0.3, -0.25) is 4.90 Å². The lowest BCUT2D eigenvalue weighted by Crippen LogP contribution is -2.49. The van der Waals surface area contributed by atoms with Gasteiger partial charge in [-0.2, -0.15) is 0 Å². The molecular formula is C8H13F2NO. The molecule has 1 fully saturated rings. The molecule has 1 unspecified atom stereocenters. The van der Waals surface area contributed by atoms with Gasteiger partial charge in [-0.15, -0.1) is 0 Å². The molecule has 0 aromatic rings. The van der Waals surface area contributed by atoms with Gasteiger partial charge in [0.05, 0.1) is 13.2 Å². The van der Waals surface area contributed by atoms with Gasteiger partial charge in [-0.05, 0) is 6.92 Å². The zero-order valence-electron chi connectivity index (χ0n) is 7.15. The van der Waals surface area contributed by atoms with Crippen LogP contribution in [0, 0.1) is 0 Å². The van der Waals surface area contributed by atoms with Gasteiger partial charge in [0.1, 0.15) is 5.83 Å². The first-order valence-corrected chi connectivity index (χ1v) is 3.91. The predicted molar refractivity (Wildman–Crippen MR) is 42.2 cm³/mol. The van der Waals surface area contributed by atoms with Crippen LogP contribution in [0.4, 0.5) is 8.78 Å². The Morgan fingerprint density at radius 2 is 2.00 bits per heavy atom. The SMILES string of the molecule is C=C(F)C(C)(F)N1CCOCC1. The van der Waals surface area contributed by atoms with Crippen molar-refractivity contribution in [1.29, 1.82) is 0 Å². The lowest BCUT2D eigenvalue weighted by molar-refractivity contribution is -0.0662. The highest BCUT2D eigenvalue weighted by molar-refractivity contribution is 5.01. The zero-order valence-corrected chi connectivity index (χ0v) is 7.15. The molecule has 4 heteroatoms. The van der Waals surface area contributed by atoms with Gasteiger partial charge < -0.3 is 4.74 Å². The van der Waals surface area contributed by atoms with Crippen molar-refractivity contribution in [3.63, 3.8) is 0 Å². The Morgan fingerprint density at radius 3 is 2.42 bits per heavy atom. The summed E-state index contributed by atoms with van der Waals surface area (Å²) in [7, 11) is 0. The molecular weight excluding hydrogens is 164 g/mol. The Hall–Kier alpha value is -0.480. The third kappa shape index (κ3) is 1.81. The highest BCUT2D eigenvalue weighted by Crippen LogP contribution is 2.26. The van der Waals surface area contributed by atoms with Gasteiger partial charge in [0.25, 0.3) is 0 Å². The highest BCUT2D eigenvalue weighted by Gasteiger charge is 2.36. The molecule has 0 aliphatic carbocycles. The number of rotatable bonds is 2. The van der Waals surface area contributed by atoms with Crippen molar-refractivity contribution in [3.8, 4) is 0 Å². The lowest BCUT2D eigenvalue weighted by atomic mass is 10.2. The van der Waals surface area contributed by atoms with Gasteiger partial charge in [0, 0.05) is 13.1 Å². The van der Waals surface area contributed by atoms with Crippen LogP contribution in [0.5, 0.6) is 0 Å². The number of nitrogens with zero attached hydrogens (tertiary/aromatic N) is 1. The van der Waals surface area contributed by atoms with E-state index in [4.69, 9.17) is 4.74 Å². The predicted octanol–water partition coefficient (Wildman–Crippen LogP) is 1.49. The minimum atomic E-state index is -2.04. The van der Waals surface area contributed by atoms with E-state index in [-0.39, 0.29) is 0 Å². The normalized spacial score (nSPS) is 24.9. The maximum absolute atomic E-state index is 13.5. The molecule has 1 saturated heterocycles. The molecule has 0 radical (unpaired) electrons. The molecule has 0 spiro atoms. The Labute approximate surface area is 70.8 Å². The fraction of sp³-hybridized carbons (Fsp3) is 0.750. The summed E-state index contributed by atoms with van der Waals surface area (Å²) in [4.78, 5) is 1.39. The molecule has 0 aromatic heterocycles. The van der Waals surface area contributed by atoms with Crippen LogP contribution in [-0.2, 0) is 4.74 Å². The number of hydrogen-bond donors (Lipinski definition) is 0. The van der Waals surface area contributed by atoms with Crippen molar-refractivity contribution < 1.29 is 13.5 Å². The number of hydrogen-bond acceptors (Lipinski definition) is 2. The average Bonchev–Trinajstić information content (AvgIpc) is 2.06. The fourth-order valence-corrected chi connectivity index (χ4v) is 1.15. The molecule has 0 bridgehead atoms. The molecule has 0 N–H and O–H groups in total. The van der Waals surface area contributed by atoms with Crippen molar-refractivity contribution in [2.45, 2.75) is 12.7 Å². The van der Waals surface area contributed by atoms with Crippen molar-refractivity contribution in [3.05, 3.63) is 12.4 Å².